The van der Waals surface area contributed by atoms with Gasteiger partial charge in [-0.05, 0) is 68.6 Å². The van der Waals surface area contributed by atoms with Gasteiger partial charge in [0, 0.05) is 24.4 Å². The highest BCUT2D eigenvalue weighted by molar-refractivity contribution is 7.99. The number of nitrogens with zero attached hydrogens (tertiary/aromatic N) is 3. The average molecular weight is 482 g/mol. The Labute approximate surface area is 198 Å². The second-order valence-corrected chi connectivity index (χ2v) is 9.55. The molecule has 0 aliphatic rings. The van der Waals surface area contributed by atoms with Gasteiger partial charge in [0.15, 0.2) is 5.13 Å². The molecule has 4 nitrogen and oxygen atoms in total. The zero-order valence-electron chi connectivity index (χ0n) is 18.1. The van der Waals surface area contributed by atoms with Crippen molar-refractivity contribution >= 4 is 56.8 Å². The summed E-state index contributed by atoms with van der Waals surface area (Å²) in [6, 6.07) is 12.7. The summed E-state index contributed by atoms with van der Waals surface area (Å²) in [5, 5.41) is 0.781. The molecule has 1 amide bonds. The van der Waals surface area contributed by atoms with E-state index in [0.29, 0.717) is 13.0 Å². The van der Waals surface area contributed by atoms with E-state index >= 15 is 0 Å². The fraction of sp³-hybridized carbons (Fsp3) is 0.391. The average Bonchev–Trinajstić information content (AvgIpc) is 3.16. The minimum atomic E-state index is -0.229. The van der Waals surface area contributed by atoms with Gasteiger partial charge in [0.2, 0.25) is 5.91 Å². The molecule has 1 heterocycles. The van der Waals surface area contributed by atoms with Crippen LogP contribution in [0.2, 0.25) is 0 Å². The standard InChI is InChI=1S/C23H28FN3OS2.ClH/c1-4-17-7-5-8-20-22(17)25-23(30-20)27(15-14-26(2)3)21(28)9-6-16-29-19-12-10-18(24)11-13-19;/h5,7-8,10-13H,4,6,9,14-16H2,1-3H3;1H. The molecular weight excluding hydrogens is 453 g/mol. The zero-order valence-corrected chi connectivity index (χ0v) is 20.6. The number of thiazole rings is 1. The summed E-state index contributed by atoms with van der Waals surface area (Å²) in [4.78, 5) is 22.8. The summed E-state index contributed by atoms with van der Waals surface area (Å²) < 4.78 is 14.1. The van der Waals surface area contributed by atoms with Crippen LogP contribution < -0.4 is 4.90 Å². The first kappa shape index (κ1) is 25.6. The number of carbonyl (C=O) groups is 1. The first-order chi connectivity index (χ1) is 14.5. The van der Waals surface area contributed by atoms with Crippen molar-refractivity contribution in [3.63, 3.8) is 0 Å². The Balaban J connectivity index is 0.00000341. The highest BCUT2D eigenvalue weighted by Crippen LogP contribution is 2.31. The van der Waals surface area contributed by atoms with Gasteiger partial charge < -0.3 is 4.90 Å². The van der Waals surface area contributed by atoms with Gasteiger partial charge in [-0.1, -0.05) is 30.4 Å². The number of rotatable bonds is 10. The molecule has 0 bridgehead atoms. The second kappa shape index (κ2) is 12.4. The summed E-state index contributed by atoms with van der Waals surface area (Å²) in [5.41, 5.74) is 2.22. The summed E-state index contributed by atoms with van der Waals surface area (Å²) in [6.45, 7) is 3.53. The number of hydrogen-bond donors (Lipinski definition) is 0. The number of likely N-dealkylation sites (N-methyl/N-ethyl adjacent to an activating group) is 1. The lowest BCUT2D eigenvalue weighted by Crippen LogP contribution is -2.36. The highest BCUT2D eigenvalue weighted by atomic mass is 35.5. The van der Waals surface area contributed by atoms with E-state index < -0.39 is 0 Å². The molecule has 0 fully saturated rings. The number of hydrogen-bond acceptors (Lipinski definition) is 5. The van der Waals surface area contributed by atoms with Gasteiger partial charge in [-0.3, -0.25) is 9.69 Å². The summed E-state index contributed by atoms with van der Waals surface area (Å²) in [7, 11) is 4.02. The van der Waals surface area contributed by atoms with Crippen LogP contribution >= 0.6 is 35.5 Å². The Hall–Kier alpha value is -1.67. The molecule has 2 aromatic carbocycles. The number of aryl methyl sites for hydroxylation is 1. The van der Waals surface area contributed by atoms with Gasteiger partial charge in [0.25, 0.3) is 0 Å². The Morgan fingerprint density at radius 2 is 1.87 bits per heavy atom. The van der Waals surface area contributed by atoms with Gasteiger partial charge in [-0.25, -0.2) is 9.37 Å². The van der Waals surface area contributed by atoms with Crippen molar-refractivity contribution in [2.45, 2.75) is 31.1 Å². The van der Waals surface area contributed by atoms with Crippen LogP contribution in [0.5, 0.6) is 0 Å². The third-order valence-electron chi connectivity index (χ3n) is 4.79. The smallest absolute Gasteiger partial charge is 0.228 e. The van der Waals surface area contributed by atoms with Gasteiger partial charge in [-0.2, -0.15) is 0 Å². The van der Waals surface area contributed by atoms with Crippen molar-refractivity contribution in [1.29, 1.82) is 0 Å². The molecule has 0 aliphatic carbocycles. The Morgan fingerprint density at radius 3 is 2.55 bits per heavy atom. The van der Waals surface area contributed by atoms with Gasteiger partial charge >= 0.3 is 0 Å². The Kier molecular flexibility index (Phi) is 10.2. The number of amides is 1. The van der Waals surface area contributed by atoms with E-state index in [9.17, 15) is 9.18 Å². The first-order valence-corrected chi connectivity index (χ1v) is 12.0. The van der Waals surface area contributed by atoms with Crippen LogP contribution in [0.25, 0.3) is 10.2 Å². The molecule has 3 rings (SSSR count). The molecular formula is C23H29ClFN3OS2. The lowest BCUT2D eigenvalue weighted by atomic mass is 10.1. The molecule has 8 heteroatoms. The van der Waals surface area contributed by atoms with Crippen LogP contribution in [-0.2, 0) is 11.2 Å². The molecule has 1 aromatic heterocycles. The SMILES string of the molecule is CCc1cccc2sc(N(CCN(C)C)C(=O)CCCSc3ccc(F)cc3)nc12.Cl. The maximum Gasteiger partial charge on any atom is 0.228 e. The van der Waals surface area contributed by atoms with E-state index in [4.69, 9.17) is 4.98 Å². The van der Waals surface area contributed by atoms with Crippen molar-refractivity contribution < 1.29 is 9.18 Å². The number of benzene rings is 2. The van der Waals surface area contributed by atoms with Crippen LogP contribution in [0.3, 0.4) is 0 Å². The van der Waals surface area contributed by atoms with Crippen LogP contribution in [0.1, 0.15) is 25.3 Å². The summed E-state index contributed by atoms with van der Waals surface area (Å²) >= 11 is 3.23. The molecule has 0 saturated carbocycles. The molecule has 3 aromatic rings. The lowest BCUT2D eigenvalue weighted by molar-refractivity contribution is -0.118. The summed E-state index contributed by atoms with van der Waals surface area (Å²) in [6.07, 6.45) is 2.16. The first-order valence-electron chi connectivity index (χ1n) is 10.2. The van der Waals surface area contributed by atoms with E-state index in [1.807, 2.05) is 19.0 Å². The quantitative estimate of drug-likeness (QED) is 0.267. The van der Waals surface area contributed by atoms with Crippen LogP contribution in [0, 0.1) is 5.82 Å². The zero-order chi connectivity index (χ0) is 21.5. The van der Waals surface area contributed by atoms with Gasteiger partial charge in [0.05, 0.1) is 10.2 Å². The molecule has 0 N–H and O–H groups in total. The van der Waals surface area contributed by atoms with Crippen molar-refractivity contribution in [1.82, 2.24) is 9.88 Å². The fourth-order valence-electron chi connectivity index (χ4n) is 3.10. The normalized spacial score (nSPS) is 11.0. The topological polar surface area (TPSA) is 36.4 Å². The minimum absolute atomic E-state index is 0. The van der Waals surface area contributed by atoms with E-state index in [-0.39, 0.29) is 24.1 Å². The molecule has 0 spiro atoms. The van der Waals surface area contributed by atoms with Crippen LogP contribution in [-0.4, -0.2) is 48.7 Å². The van der Waals surface area contributed by atoms with Crippen LogP contribution in [0.4, 0.5) is 9.52 Å². The van der Waals surface area contributed by atoms with Crippen LogP contribution in [0.15, 0.2) is 47.4 Å². The van der Waals surface area contributed by atoms with E-state index in [0.717, 1.165) is 45.4 Å². The minimum Gasteiger partial charge on any atom is -0.308 e. The molecule has 0 unspecified atom stereocenters. The number of anilines is 1. The fourth-order valence-corrected chi connectivity index (χ4v) is 5.01. The van der Waals surface area contributed by atoms with Crippen molar-refractivity contribution in [2.24, 2.45) is 0 Å². The third-order valence-corrected chi connectivity index (χ3v) is 6.93. The predicted octanol–water partition coefficient (Wildman–Crippen LogP) is 5.89. The molecule has 0 saturated heterocycles. The molecule has 0 aliphatic heterocycles. The van der Waals surface area contributed by atoms with Gasteiger partial charge in [0.1, 0.15) is 5.82 Å². The Morgan fingerprint density at radius 1 is 1.13 bits per heavy atom. The van der Waals surface area contributed by atoms with E-state index in [1.54, 1.807) is 35.2 Å². The van der Waals surface area contributed by atoms with E-state index in [1.165, 1.54) is 17.7 Å². The number of aromatic nitrogens is 1. The molecule has 31 heavy (non-hydrogen) atoms. The molecule has 0 atom stereocenters. The predicted molar refractivity (Wildman–Crippen MR) is 134 cm³/mol. The van der Waals surface area contributed by atoms with Crippen molar-refractivity contribution in [2.75, 3.05) is 37.8 Å². The second-order valence-electron chi connectivity index (χ2n) is 7.37. The lowest BCUT2D eigenvalue weighted by Gasteiger charge is -2.22. The number of para-hydroxylation sites is 1. The van der Waals surface area contributed by atoms with Crippen molar-refractivity contribution in [3.05, 3.63) is 53.8 Å². The summed E-state index contributed by atoms with van der Waals surface area (Å²) in [5.74, 6) is 0.695. The largest absolute Gasteiger partial charge is 0.308 e. The number of carbonyl (C=O) groups excluding carboxylic acids is 1. The highest BCUT2D eigenvalue weighted by Gasteiger charge is 2.20. The Bertz CT molecular complexity index is 979. The van der Waals surface area contributed by atoms with E-state index in [2.05, 4.69) is 30.0 Å². The number of fused-ring (bicyclic) bond motifs is 1. The van der Waals surface area contributed by atoms with Crippen molar-refractivity contribution in [3.8, 4) is 0 Å². The third kappa shape index (κ3) is 7.17. The number of halogens is 2. The molecule has 0 radical (unpaired) electrons. The monoisotopic (exact) mass is 481 g/mol. The maximum absolute atomic E-state index is 13.1. The maximum atomic E-state index is 13.1. The molecule has 168 valence electrons. The van der Waals surface area contributed by atoms with Gasteiger partial charge in [-0.15, -0.1) is 24.2 Å². The number of thioether (sulfide) groups is 1.